The molecule has 1 unspecified atom stereocenters. The van der Waals surface area contributed by atoms with Gasteiger partial charge in [0.15, 0.2) is 0 Å². The molecule has 1 nitrogen and oxygen atoms in total. The first kappa shape index (κ1) is 13.7. The molecule has 16 heavy (non-hydrogen) atoms. The molecule has 0 radical (unpaired) electrons. The van der Waals surface area contributed by atoms with E-state index in [1.807, 2.05) is 11.3 Å². The zero-order chi connectivity index (χ0) is 12.0. The van der Waals surface area contributed by atoms with Gasteiger partial charge in [-0.15, -0.1) is 11.3 Å². The third kappa shape index (κ3) is 5.13. The molecule has 1 aromatic heterocycles. The van der Waals surface area contributed by atoms with Crippen molar-refractivity contribution in [3.63, 3.8) is 0 Å². The molecule has 0 amide bonds. The number of hydrogen-bond acceptors (Lipinski definition) is 2. The molecule has 1 N–H and O–H groups in total. The maximum atomic E-state index is 3.60. The highest BCUT2D eigenvalue weighted by molar-refractivity contribution is 7.11. The van der Waals surface area contributed by atoms with Crippen LogP contribution in [0.1, 0.15) is 50.3 Å². The molecule has 0 aliphatic heterocycles. The topological polar surface area (TPSA) is 12.0 Å². The van der Waals surface area contributed by atoms with Gasteiger partial charge in [-0.05, 0) is 44.2 Å². The van der Waals surface area contributed by atoms with Gasteiger partial charge in [-0.3, -0.25) is 0 Å². The third-order valence-electron chi connectivity index (χ3n) is 2.87. The molecule has 0 aliphatic carbocycles. The van der Waals surface area contributed by atoms with Crippen molar-refractivity contribution in [3.05, 3.63) is 21.9 Å². The molecule has 0 aliphatic rings. The lowest BCUT2D eigenvalue weighted by molar-refractivity contribution is 0.452. The highest BCUT2D eigenvalue weighted by Gasteiger charge is 2.04. The summed E-state index contributed by atoms with van der Waals surface area (Å²) in [6, 6.07) is 5.14. The Balaban J connectivity index is 2.23. The van der Waals surface area contributed by atoms with Crippen molar-refractivity contribution in [1.82, 2.24) is 5.32 Å². The first-order valence-corrected chi connectivity index (χ1v) is 7.24. The second-order valence-electron chi connectivity index (χ2n) is 4.97. The maximum absolute atomic E-state index is 3.60. The van der Waals surface area contributed by atoms with E-state index in [1.54, 1.807) is 0 Å². The minimum absolute atomic E-state index is 0.634. The molecular formula is C14H25NS. The molecule has 1 atom stereocenters. The third-order valence-corrected chi connectivity index (χ3v) is 4.10. The minimum atomic E-state index is 0.634. The number of thiophene rings is 1. The molecule has 92 valence electrons. The Bertz CT molecular complexity index is 291. The normalized spacial score (nSPS) is 13.3. The summed E-state index contributed by atoms with van der Waals surface area (Å²) in [5.41, 5.74) is 0. The molecule has 0 spiro atoms. The number of hydrogen-bond donors (Lipinski definition) is 1. The predicted molar refractivity (Wildman–Crippen MR) is 74.1 cm³/mol. The van der Waals surface area contributed by atoms with E-state index in [2.05, 4.69) is 45.1 Å². The Morgan fingerprint density at radius 3 is 2.38 bits per heavy atom. The summed E-state index contributed by atoms with van der Waals surface area (Å²) in [7, 11) is 0. The van der Waals surface area contributed by atoms with Crippen LogP contribution in [-0.4, -0.2) is 6.04 Å². The van der Waals surface area contributed by atoms with Gasteiger partial charge in [0.2, 0.25) is 0 Å². The van der Waals surface area contributed by atoms with Gasteiger partial charge in [0, 0.05) is 22.3 Å². The molecule has 1 rings (SSSR count). The molecule has 1 heterocycles. The Kier molecular flexibility index (Phi) is 6.07. The van der Waals surface area contributed by atoms with Crippen molar-refractivity contribution >= 4 is 11.3 Å². The van der Waals surface area contributed by atoms with E-state index in [-0.39, 0.29) is 0 Å². The number of aryl methyl sites for hydroxylation is 1. The molecule has 0 fully saturated rings. The van der Waals surface area contributed by atoms with Crippen molar-refractivity contribution in [3.8, 4) is 0 Å². The summed E-state index contributed by atoms with van der Waals surface area (Å²) < 4.78 is 0. The average molecular weight is 239 g/mol. The van der Waals surface area contributed by atoms with E-state index in [9.17, 15) is 0 Å². The van der Waals surface area contributed by atoms with Crippen molar-refractivity contribution < 1.29 is 0 Å². The van der Waals surface area contributed by atoms with Crippen molar-refractivity contribution in [2.24, 2.45) is 5.92 Å². The smallest absolute Gasteiger partial charge is 0.0302 e. The van der Waals surface area contributed by atoms with E-state index in [0.29, 0.717) is 6.04 Å². The van der Waals surface area contributed by atoms with Crippen molar-refractivity contribution in [2.75, 3.05) is 0 Å². The summed E-state index contributed by atoms with van der Waals surface area (Å²) in [4.78, 5) is 2.96. The summed E-state index contributed by atoms with van der Waals surface area (Å²) in [6.45, 7) is 10.1. The largest absolute Gasteiger partial charge is 0.309 e. The summed E-state index contributed by atoms with van der Waals surface area (Å²) in [6.07, 6.45) is 3.76. The molecule has 2 heteroatoms. The van der Waals surface area contributed by atoms with Crippen LogP contribution in [0.5, 0.6) is 0 Å². The molecule has 0 saturated carbocycles. The Morgan fingerprint density at radius 1 is 1.12 bits per heavy atom. The Hall–Kier alpha value is -0.340. The van der Waals surface area contributed by atoms with Crippen LogP contribution in [0.4, 0.5) is 0 Å². The first-order valence-electron chi connectivity index (χ1n) is 6.42. The SMILES string of the molecule is CCc1ccc(CNC(C)CCC(C)C)s1. The van der Waals surface area contributed by atoms with E-state index in [1.165, 1.54) is 22.6 Å². The van der Waals surface area contributed by atoms with E-state index in [0.717, 1.165) is 18.9 Å². The summed E-state index contributed by atoms with van der Waals surface area (Å²) in [5, 5.41) is 3.60. The fourth-order valence-corrected chi connectivity index (χ4v) is 2.58. The monoisotopic (exact) mass is 239 g/mol. The van der Waals surface area contributed by atoms with Gasteiger partial charge in [0.05, 0.1) is 0 Å². The van der Waals surface area contributed by atoms with Gasteiger partial charge in [-0.1, -0.05) is 20.8 Å². The molecule has 0 aromatic carbocycles. The molecule has 0 bridgehead atoms. The van der Waals surface area contributed by atoms with Crippen molar-refractivity contribution in [1.29, 1.82) is 0 Å². The average Bonchev–Trinajstić information content (AvgIpc) is 2.71. The Morgan fingerprint density at radius 2 is 1.81 bits per heavy atom. The van der Waals surface area contributed by atoms with E-state index < -0.39 is 0 Å². The quantitative estimate of drug-likeness (QED) is 0.751. The minimum Gasteiger partial charge on any atom is -0.309 e. The van der Waals surface area contributed by atoms with Gasteiger partial charge < -0.3 is 5.32 Å². The van der Waals surface area contributed by atoms with Gasteiger partial charge >= 0.3 is 0 Å². The second-order valence-corrected chi connectivity index (χ2v) is 6.23. The van der Waals surface area contributed by atoms with Crippen molar-refractivity contribution in [2.45, 2.75) is 59.5 Å². The molecule has 0 saturated heterocycles. The standard InChI is InChI=1S/C14H25NS/c1-5-13-8-9-14(16-13)10-15-12(4)7-6-11(2)3/h8-9,11-12,15H,5-7,10H2,1-4H3. The van der Waals surface area contributed by atoms with Crippen LogP contribution >= 0.6 is 11.3 Å². The van der Waals surface area contributed by atoms with Crippen LogP contribution in [0.2, 0.25) is 0 Å². The van der Waals surface area contributed by atoms with E-state index >= 15 is 0 Å². The summed E-state index contributed by atoms with van der Waals surface area (Å²) in [5.74, 6) is 0.817. The second kappa shape index (κ2) is 7.08. The van der Waals surface area contributed by atoms with Crippen LogP contribution in [0.25, 0.3) is 0 Å². The lowest BCUT2D eigenvalue weighted by atomic mass is 10.0. The van der Waals surface area contributed by atoms with Crippen LogP contribution < -0.4 is 5.32 Å². The maximum Gasteiger partial charge on any atom is 0.0302 e. The predicted octanol–water partition coefficient (Wildman–Crippen LogP) is 4.22. The fourth-order valence-electron chi connectivity index (χ4n) is 1.67. The van der Waals surface area contributed by atoms with Gasteiger partial charge in [0.25, 0.3) is 0 Å². The zero-order valence-corrected chi connectivity index (χ0v) is 11.9. The molecule has 1 aromatic rings. The fraction of sp³-hybridized carbons (Fsp3) is 0.714. The lowest BCUT2D eigenvalue weighted by Gasteiger charge is -2.14. The number of rotatable bonds is 7. The van der Waals surface area contributed by atoms with Gasteiger partial charge in [0.1, 0.15) is 0 Å². The lowest BCUT2D eigenvalue weighted by Crippen LogP contribution is -2.25. The summed E-state index contributed by atoms with van der Waals surface area (Å²) >= 11 is 1.94. The van der Waals surface area contributed by atoms with Crippen LogP contribution in [0, 0.1) is 5.92 Å². The van der Waals surface area contributed by atoms with Crippen LogP contribution in [-0.2, 0) is 13.0 Å². The molecular weight excluding hydrogens is 214 g/mol. The highest BCUT2D eigenvalue weighted by atomic mass is 32.1. The van der Waals surface area contributed by atoms with Crippen LogP contribution in [0.15, 0.2) is 12.1 Å². The van der Waals surface area contributed by atoms with Crippen LogP contribution in [0.3, 0.4) is 0 Å². The Labute approximate surface area is 104 Å². The van der Waals surface area contributed by atoms with Gasteiger partial charge in [-0.2, -0.15) is 0 Å². The van der Waals surface area contributed by atoms with E-state index in [4.69, 9.17) is 0 Å². The first-order chi connectivity index (χ1) is 7.61. The zero-order valence-electron chi connectivity index (χ0n) is 11.0. The van der Waals surface area contributed by atoms with Gasteiger partial charge in [-0.25, -0.2) is 0 Å². The number of nitrogens with one attached hydrogen (secondary N) is 1. The highest BCUT2D eigenvalue weighted by Crippen LogP contribution is 2.17.